The molecule has 1 aromatic heterocycles. The fourth-order valence-electron chi connectivity index (χ4n) is 3.28. The van der Waals surface area contributed by atoms with Crippen LogP contribution in [0.4, 0.5) is 4.39 Å². The van der Waals surface area contributed by atoms with E-state index in [1.54, 1.807) is 23.1 Å². The first-order valence-corrected chi connectivity index (χ1v) is 8.28. The summed E-state index contributed by atoms with van der Waals surface area (Å²) in [7, 11) is 0. The van der Waals surface area contributed by atoms with Gasteiger partial charge in [-0.1, -0.05) is 53.7 Å². The lowest BCUT2D eigenvalue weighted by Crippen LogP contribution is -2.28. The first kappa shape index (κ1) is 15.6. The van der Waals surface area contributed by atoms with Crippen LogP contribution in [0.3, 0.4) is 0 Å². The Balaban J connectivity index is 1.49. The summed E-state index contributed by atoms with van der Waals surface area (Å²) in [6, 6.07) is 17.9. The third kappa shape index (κ3) is 3.05. The molecule has 1 saturated heterocycles. The Kier molecular flexibility index (Phi) is 4.06. The molecule has 1 amide bonds. The van der Waals surface area contributed by atoms with E-state index >= 15 is 0 Å². The van der Waals surface area contributed by atoms with Crippen molar-refractivity contribution in [2.75, 3.05) is 13.1 Å². The van der Waals surface area contributed by atoms with Gasteiger partial charge in [-0.3, -0.25) is 4.79 Å². The lowest BCUT2D eigenvalue weighted by molar-refractivity contribution is 0.0780. The van der Waals surface area contributed by atoms with E-state index in [1.807, 2.05) is 36.4 Å². The third-order valence-electron chi connectivity index (χ3n) is 4.61. The average Bonchev–Trinajstić information content (AvgIpc) is 3.32. The fraction of sp³-hybridized carbons (Fsp3) is 0.200. The van der Waals surface area contributed by atoms with Gasteiger partial charge in [0.15, 0.2) is 11.5 Å². The summed E-state index contributed by atoms with van der Waals surface area (Å²) in [6.45, 7) is 1.08. The molecular weight excluding hydrogens is 319 g/mol. The summed E-state index contributed by atoms with van der Waals surface area (Å²) >= 11 is 0. The average molecular weight is 336 g/mol. The molecule has 1 aliphatic rings. The van der Waals surface area contributed by atoms with Gasteiger partial charge in [0.2, 0.25) is 0 Å². The van der Waals surface area contributed by atoms with Crippen molar-refractivity contribution in [3.63, 3.8) is 0 Å². The van der Waals surface area contributed by atoms with Crippen LogP contribution in [0.5, 0.6) is 0 Å². The molecule has 1 aliphatic heterocycles. The number of carbonyl (C=O) groups excluding carboxylic acids is 1. The third-order valence-corrected chi connectivity index (χ3v) is 4.61. The Morgan fingerprint density at radius 2 is 1.88 bits per heavy atom. The Bertz CT molecular complexity index is 891. The van der Waals surface area contributed by atoms with E-state index in [4.69, 9.17) is 4.52 Å². The quantitative estimate of drug-likeness (QED) is 0.723. The first-order chi connectivity index (χ1) is 12.2. The lowest BCUT2D eigenvalue weighted by Gasteiger charge is -2.15. The van der Waals surface area contributed by atoms with Crippen LogP contribution in [0.25, 0.3) is 11.3 Å². The van der Waals surface area contributed by atoms with Crippen LogP contribution in [0, 0.1) is 5.82 Å². The van der Waals surface area contributed by atoms with Crippen molar-refractivity contribution >= 4 is 5.91 Å². The van der Waals surface area contributed by atoms with Gasteiger partial charge < -0.3 is 9.42 Å². The minimum Gasteiger partial charge on any atom is -0.355 e. The molecule has 2 aromatic carbocycles. The largest absolute Gasteiger partial charge is 0.355 e. The van der Waals surface area contributed by atoms with Crippen LogP contribution < -0.4 is 0 Å². The number of rotatable bonds is 3. The second kappa shape index (κ2) is 6.51. The van der Waals surface area contributed by atoms with Gasteiger partial charge in [0, 0.05) is 30.6 Å². The van der Waals surface area contributed by atoms with E-state index in [9.17, 15) is 9.18 Å². The summed E-state index contributed by atoms with van der Waals surface area (Å²) in [5.41, 5.74) is 1.83. The maximum atomic E-state index is 14.0. The molecule has 1 fully saturated rings. The maximum Gasteiger partial charge on any atom is 0.276 e. The lowest BCUT2D eigenvalue weighted by atomic mass is 9.98. The highest BCUT2D eigenvalue weighted by Crippen LogP contribution is 2.30. The molecular formula is C20H17FN2O2. The van der Waals surface area contributed by atoms with Gasteiger partial charge in [-0.15, -0.1) is 0 Å². The van der Waals surface area contributed by atoms with Crippen molar-refractivity contribution < 1.29 is 13.7 Å². The summed E-state index contributed by atoms with van der Waals surface area (Å²) in [6.07, 6.45) is 0.746. The van der Waals surface area contributed by atoms with Gasteiger partial charge >= 0.3 is 0 Å². The van der Waals surface area contributed by atoms with Gasteiger partial charge in [-0.2, -0.15) is 0 Å². The SMILES string of the molecule is O=C(c1cc(-c2ccccc2)on1)N1CCC(c2ccccc2F)C1. The van der Waals surface area contributed by atoms with Crippen LogP contribution in [0.2, 0.25) is 0 Å². The molecule has 1 atom stereocenters. The number of aromatic nitrogens is 1. The van der Waals surface area contributed by atoms with Crippen molar-refractivity contribution in [2.24, 2.45) is 0 Å². The molecule has 5 heteroatoms. The maximum absolute atomic E-state index is 14.0. The van der Waals surface area contributed by atoms with Crippen molar-refractivity contribution in [1.82, 2.24) is 10.1 Å². The van der Waals surface area contributed by atoms with Gasteiger partial charge in [-0.25, -0.2) is 4.39 Å². The van der Waals surface area contributed by atoms with Crippen LogP contribution in [0.15, 0.2) is 65.2 Å². The van der Waals surface area contributed by atoms with Crippen molar-refractivity contribution in [1.29, 1.82) is 0 Å². The minimum absolute atomic E-state index is 0.0191. The van der Waals surface area contributed by atoms with E-state index in [0.29, 0.717) is 24.4 Å². The molecule has 126 valence electrons. The molecule has 0 saturated carbocycles. The van der Waals surface area contributed by atoms with E-state index in [2.05, 4.69) is 5.16 Å². The summed E-state index contributed by atoms with van der Waals surface area (Å²) in [4.78, 5) is 14.4. The van der Waals surface area contributed by atoms with Crippen LogP contribution in [-0.2, 0) is 0 Å². The van der Waals surface area contributed by atoms with Gasteiger partial charge in [-0.05, 0) is 18.1 Å². The molecule has 0 aliphatic carbocycles. The molecule has 2 heterocycles. The van der Waals surface area contributed by atoms with E-state index in [-0.39, 0.29) is 23.3 Å². The van der Waals surface area contributed by atoms with Crippen LogP contribution >= 0.6 is 0 Å². The van der Waals surface area contributed by atoms with E-state index < -0.39 is 0 Å². The topological polar surface area (TPSA) is 46.3 Å². The second-order valence-corrected chi connectivity index (χ2v) is 6.20. The standard InChI is InChI=1S/C20H17FN2O2/c21-17-9-5-4-8-16(17)15-10-11-23(13-15)20(24)18-12-19(25-22-18)14-6-2-1-3-7-14/h1-9,12,15H,10-11,13H2. The molecule has 4 rings (SSSR count). The summed E-state index contributed by atoms with van der Waals surface area (Å²) < 4.78 is 19.3. The number of carbonyl (C=O) groups is 1. The minimum atomic E-state index is -0.213. The summed E-state index contributed by atoms with van der Waals surface area (Å²) in [5.74, 6) is 0.193. The van der Waals surface area contributed by atoms with Gasteiger partial charge in [0.05, 0.1) is 0 Å². The number of benzene rings is 2. The Morgan fingerprint density at radius 1 is 1.12 bits per heavy atom. The zero-order valence-electron chi connectivity index (χ0n) is 13.6. The van der Waals surface area contributed by atoms with Crippen LogP contribution in [-0.4, -0.2) is 29.1 Å². The molecule has 0 bridgehead atoms. The fourth-order valence-corrected chi connectivity index (χ4v) is 3.28. The van der Waals surface area contributed by atoms with Crippen molar-refractivity contribution in [3.8, 4) is 11.3 Å². The molecule has 0 N–H and O–H groups in total. The number of nitrogens with zero attached hydrogens (tertiary/aromatic N) is 2. The Hall–Kier alpha value is -2.95. The number of amides is 1. The summed E-state index contributed by atoms with van der Waals surface area (Å²) in [5, 5.41) is 3.91. The monoisotopic (exact) mass is 336 g/mol. The number of halogens is 1. The highest BCUT2D eigenvalue weighted by molar-refractivity contribution is 5.93. The van der Waals surface area contributed by atoms with Crippen molar-refractivity contribution in [3.05, 3.63) is 77.7 Å². The highest BCUT2D eigenvalue weighted by atomic mass is 19.1. The first-order valence-electron chi connectivity index (χ1n) is 8.28. The van der Waals surface area contributed by atoms with E-state index in [1.165, 1.54) is 6.07 Å². The van der Waals surface area contributed by atoms with Crippen molar-refractivity contribution in [2.45, 2.75) is 12.3 Å². The van der Waals surface area contributed by atoms with Crippen LogP contribution in [0.1, 0.15) is 28.4 Å². The molecule has 1 unspecified atom stereocenters. The molecule has 0 spiro atoms. The Morgan fingerprint density at radius 3 is 2.68 bits per heavy atom. The highest BCUT2D eigenvalue weighted by Gasteiger charge is 2.30. The predicted molar refractivity (Wildman–Crippen MR) is 91.6 cm³/mol. The van der Waals surface area contributed by atoms with Gasteiger partial charge in [0.25, 0.3) is 5.91 Å². The molecule has 4 nitrogen and oxygen atoms in total. The normalized spacial score (nSPS) is 17.0. The molecule has 25 heavy (non-hydrogen) atoms. The zero-order chi connectivity index (χ0) is 17.2. The zero-order valence-corrected chi connectivity index (χ0v) is 13.6. The Labute approximate surface area is 144 Å². The number of hydrogen-bond donors (Lipinski definition) is 0. The second-order valence-electron chi connectivity index (χ2n) is 6.20. The molecule has 3 aromatic rings. The smallest absolute Gasteiger partial charge is 0.276 e. The van der Waals surface area contributed by atoms with Gasteiger partial charge in [0.1, 0.15) is 5.82 Å². The number of likely N-dealkylation sites (tertiary alicyclic amines) is 1. The predicted octanol–water partition coefficient (Wildman–Crippen LogP) is 4.11. The molecule has 0 radical (unpaired) electrons. The number of hydrogen-bond acceptors (Lipinski definition) is 3. The van der Waals surface area contributed by atoms with E-state index in [0.717, 1.165) is 12.0 Å².